The Kier molecular flexibility index (Phi) is 5.07. The lowest BCUT2D eigenvalue weighted by atomic mass is 10.0. The van der Waals surface area contributed by atoms with E-state index in [1.165, 1.54) is 0 Å². The predicted molar refractivity (Wildman–Crippen MR) is 94.3 cm³/mol. The summed E-state index contributed by atoms with van der Waals surface area (Å²) in [6.07, 6.45) is 2.38. The number of ether oxygens (including phenoxy) is 2. The molecule has 0 atom stereocenters. The van der Waals surface area contributed by atoms with Gasteiger partial charge in [-0.1, -0.05) is 0 Å². The largest absolute Gasteiger partial charge is 0.490 e. The van der Waals surface area contributed by atoms with E-state index in [1.807, 2.05) is 13.8 Å². The Labute approximate surface area is 146 Å². The highest BCUT2D eigenvalue weighted by Gasteiger charge is 2.23. The molecule has 0 aliphatic carbocycles. The van der Waals surface area contributed by atoms with Gasteiger partial charge in [-0.3, -0.25) is 9.59 Å². The molecule has 0 unspecified atom stereocenters. The number of nitrogens with zero attached hydrogens (tertiary/aromatic N) is 1. The Bertz CT molecular complexity index is 828. The fourth-order valence-electron chi connectivity index (χ4n) is 3.00. The van der Waals surface area contributed by atoms with E-state index < -0.39 is 0 Å². The van der Waals surface area contributed by atoms with Crippen LogP contribution in [-0.4, -0.2) is 35.5 Å². The zero-order chi connectivity index (χ0) is 17.8. The van der Waals surface area contributed by atoms with E-state index in [-0.39, 0.29) is 11.5 Å². The number of rotatable bonds is 5. The smallest absolute Gasteiger partial charge is 0.254 e. The minimum Gasteiger partial charge on any atom is -0.490 e. The summed E-state index contributed by atoms with van der Waals surface area (Å²) in [6, 6.07) is 6.88. The highest BCUT2D eigenvalue weighted by atomic mass is 16.5. The van der Waals surface area contributed by atoms with E-state index in [1.54, 1.807) is 35.4 Å². The molecule has 0 saturated carbocycles. The second-order valence-electron chi connectivity index (χ2n) is 5.85. The average Bonchev–Trinajstić information content (AvgIpc) is 2.62. The third-order valence-corrected chi connectivity index (χ3v) is 4.20. The van der Waals surface area contributed by atoms with Crippen LogP contribution in [0.2, 0.25) is 0 Å². The first-order chi connectivity index (χ1) is 12.1. The number of aromatic amines is 1. The summed E-state index contributed by atoms with van der Waals surface area (Å²) in [5.74, 6) is 1.17. The number of pyridine rings is 1. The Morgan fingerprint density at radius 3 is 2.64 bits per heavy atom. The third kappa shape index (κ3) is 3.68. The van der Waals surface area contributed by atoms with E-state index in [9.17, 15) is 9.59 Å². The van der Waals surface area contributed by atoms with Gasteiger partial charge in [0.1, 0.15) is 0 Å². The van der Waals surface area contributed by atoms with Crippen molar-refractivity contribution in [2.75, 3.05) is 19.8 Å². The van der Waals surface area contributed by atoms with Crippen LogP contribution in [0, 0.1) is 0 Å². The Hall–Kier alpha value is -2.76. The number of hydrogen-bond acceptors (Lipinski definition) is 4. The lowest BCUT2D eigenvalue weighted by Crippen LogP contribution is -2.36. The molecule has 1 aromatic heterocycles. The van der Waals surface area contributed by atoms with Crippen LogP contribution >= 0.6 is 0 Å². The average molecular weight is 342 g/mol. The van der Waals surface area contributed by atoms with E-state index in [0.29, 0.717) is 49.8 Å². The van der Waals surface area contributed by atoms with E-state index in [2.05, 4.69) is 4.98 Å². The summed E-state index contributed by atoms with van der Waals surface area (Å²) in [6.45, 7) is 5.92. The van der Waals surface area contributed by atoms with Gasteiger partial charge in [0.25, 0.3) is 5.91 Å². The van der Waals surface area contributed by atoms with Crippen molar-refractivity contribution in [3.05, 3.63) is 57.5 Å². The van der Waals surface area contributed by atoms with Gasteiger partial charge < -0.3 is 19.4 Å². The summed E-state index contributed by atoms with van der Waals surface area (Å²) in [4.78, 5) is 28.7. The zero-order valence-electron chi connectivity index (χ0n) is 14.5. The zero-order valence-corrected chi connectivity index (χ0v) is 14.5. The molecule has 132 valence electrons. The van der Waals surface area contributed by atoms with Crippen molar-refractivity contribution in [3.63, 3.8) is 0 Å². The van der Waals surface area contributed by atoms with Crippen LogP contribution in [0.3, 0.4) is 0 Å². The van der Waals surface area contributed by atoms with Gasteiger partial charge in [0.2, 0.25) is 5.56 Å². The highest BCUT2D eigenvalue weighted by molar-refractivity contribution is 5.95. The topological polar surface area (TPSA) is 71.6 Å². The molecule has 0 bridgehead atoms. The number of carbonyl (C=O) groups excluding carboxylic acids is 1. The first-order valence-corrected chi connectivity index (χ1v) is 8.51. The fourth-order valence-corrected chi connectivity index (χ4v) is 3.00. The van der Waals surface area contributed by atoms with E-state index >= 15 is 0 Å². The third-order valence-electron chi connectivity index (χ3n) is 4.20. The van der Waals surface area contributed by atoms with E-state index in [4.69, 9.17) is 9.47 Å². The molecule has 0 radical (unpaired) electrons. The maximum absolute atomic E-state index is 12.9. The standard InChI is InChI=1S/C19H22N2O4/c1-3-24-16-6-5-14(9-17(16)25-4-2)19(23)21-8-7-13-10-18(22)20-11-15(13)12-21/h5-6,9-11H,3-4,7-8,12H2,1-2H3,(H,20,22). The van der Waals surface area contributed by atoms with Gasteiger partial charge in [-0.25, -0.2) is 0 Å². The Morgan fingerprint density at radius 2 is 1.88 bits per heavy atom. The number of nitrogens with one attached hydrogen (secondary N) is 1. The number of amides is 1. The van der Waals surface area contributed by atoms with Gasteiger partial charge in [-0.2, -0.15) is 0 Å². The number of H-pyrrole nitrogens is 1. The van der Waals surface area contributed by atoms with Crippen LogP contribution in [0.25, 0.3) is 0 Å². The maximum Gasteiger partial charge on any atom is 0.254 e. The quantitative estimate of drug-likeness (QED) is 0.905. The first kappa shape index (κ1) is 17.1. The minimum atomic E-state index is -0.105. The van der Waals surface area contributed by atoms with Crippen LogP contribution in [0.5, 0.6) is 11.5 Å². The molecule has 1 aromatic carbocycles. The molecule has 2 heterocycles. The van der Waals surface area contributed by atoms with Crippen LogP contribution in [0.4, 0.5) is 0 Å². The number of hydrogen-bond donors (Lipinski definition) is 1. The number of benzene rings is 1. The molecule has 0 spiro atoms. The van der Waals surface area contributed by atoms with Crippen molar-refractivity contribution in [1.82, 2.24) is 9.88 Å². The molecule has 6 nitrogen and oxygen atoms in total. The summed E-state index contributed by atoms with van der Waals surface area (Å²) in [7, 11) is 0. The summed E-state index contributed by atoms with van der Waals surface area (Å²) in [5, 5.41) is 0. The van der Waals surface area contributed by atoms with Crippen molar-refractivity contribution < 1.29 is 14.3 Å². The Morgan fingerprint density at radius 1 is 1.12 bits per heavy atom. The molecular formula is C19H22N2O4. The number of aromatic nitrogens is 1. The normalized spacial score (nSPS) is 13.3. The molecule has 1 amide bonds. The maximum atomic E-state index is 12.9. The molecule has 1 N–H and O–H groups in total. The number of carbonyl (C=O) groups is 1. The lowest BCUT2D eigenvalue weighted by molar-refractivity contribution is 0.0734. The van der Waals surface area contributed by atoms with Crippen molar-refractivity contribution in [2.24, 2.45) is 0 Å². The summed E-state index contributed by atoms with van der Waals surface area (Å²) in [5.41, 5.74) is 2.45. The molecule has 0 saturated heterocycles. The van der Waals surface area contributed by atoms with Crippen LogP contribution in [0.1, 0.15) is 35.3 Å². The lowest BCUT2D eigenvalue weighted by Gasteiger charge is -2.28. The molecular weight excluding hydrogens is 320 g/mol. The molecule has 25 heavy (non-hydrogen) atoms. The van der Waals surface area contributed by atoms with Crippen LogP contribution in [-0.2, 0) is 13.0 Å². The molecule has 0 fully saturated rings. The molecule has 3 rings (SSSR count). The molecule has 1 aliphatic rings. The monoisotopic (exact) mass is 342 g/mol. The molecule has 2 aromatic rings. The SMILES string of the molecule is CCOc1ccc(C(=O)N2CCc3cc(=O)[nH]cc3C2)cc1OCC. The first-order valence-electron chi connectivity index (χ1n) is 8.51. The van der Waals surface area contributed by atoms with Crippen molar-refractivity contribution >= 4 is 5.91 Å². The van der Waals surface area contributed by atoms with Crippen molar-refractivity contribution in [3.8, 4) is 11.5 Å². The van der Waals surface area contributed by atoms with Crippen LogP contribution in [0.15, 0.2) is 35.3 Å². The summed E-state index contributed by atoms with van der Waals surface area (Å²) < 4.78 is 11.1. The predicted octanol–water partition coefficient (Wildman–Crippen LogP) is 2.37. The van der Waals surface area contributed by atoms with Crippen molar-refractivity contribution in [1.29, 1.82) is 0 Å². The molecule has 6 heteroatoms. The minimum absolute atomic E-state index is 0.0548. The second kappa shape index (κ2) is 7.42. The van der Waals surface area contributed by atoms with E-state index in [0.717, 1.165) is 11.1 Å². The highest BCUT2D eigenvalue weighted by Crippen LogP contribution is 2.29. The van der Waals surface area contributed by atoms with Gasteiger partial charge in [0, 0.05) is 30.9 Å². The molecule has 1 aliphatic heterocycles. The van der Waals surface area contributed by atoms with Crippen molar-refractivity contribution in [2.45, 2.75) is 26.8 Å². The Balaban J connectivity index is 1.82. The van der Waals surface area contributed by atoms with Gasteiger partial charge in [0.05, 0.1) is 13.2 Å². The van der Waals surface area contributed by atoms with Crippen LogP contribution < -0.4 is 15.0 Å². The van der Waals surface area contributed by atoms with Gasteiger partial charge in [-0.05, 0) is 49.6 Å². The second-order valence-corrected chi connectivity index (χ2v) is 5.85. The van der Waals surface area contributed by atoms with Gasteiger partial charge in [0.15, 0.2) is 11.5 Å². The van der Waals surface area contributed by atoms with Gasteiger partial charge >= 0.3 is 0 Å². The van der Waals surface area contributed by atoms with Gasteiger partial charge in [-0.15, -0.1) is 0 Å². The fraction of sp³-hybridized carbons (Fsp3) is 0.368. The number of fused-ring (bicyclic) bond motifs is 1. The summed E-state index contributed by atoms with van der Waals surface area (Å²) >= 11 is 0.